The van der Waals surface area contributed by atoms with Crippen LogP contribution in [0.4, 0.5) is 0 Å². The van der Waals surface area contributed by atoms with Gasteiger partial charge in [-0.1, -0.05) is 6.42 Å². The molecule has 6 heteroatoms. The van der Waals surface area contributed by atoms with Crippen molar-refractivity contribution in [1.82, 2.24) is 4.31 Å². The van der Waals surface area contributed by atoms with Crippen molar-refractivity contribution in [2.75, 3.05) is 25.1 Å². The number of sulfonamides is 1. The van der Waals surface area contributed by atoms with Crippen LogP contribution in [0.25, 0.3) is 0 Å². The number of thioether (sulfide) groups is 1. The molecule has 112 valence electrons. The van der Waals surface area contributed by atoms with Gasteiger partial charge in [-0.25, -0.2) is 12.7 Å². The molecule has 0 aromatic carbocycles. The van der Waals surface area contributed by atoms with Crippen molar-refractivity contribution in [1.29, 1.82) is 0 Å². The molecule has 2 rings (SSSR count). The standard InChI is InChI=1S/C13H26N2O2S2/c1-19(16,17)15-7-4-5-11(10-15)9-12(14)13-6-2-3-8-18-13/h11-13H,2-10,14H2,1H3. The maximum atomic E-state index is 11.6. The quantitative estimate of drug-likeness (QED) is 0.858. The molecule has 0 saturated carbocycles. The summed E-state index contributed by atoms with van der Waals surface area (Å²) in [4.78, 5) is 0. The third kappa shape index (κ3) is 4.62. The van der Waals surface area contributed by atoms with Crippen LogP contribution in [0.15, 0.2) is 0 Å². The maximum Gasteiger partial charge on any atom is 0.211 e. The van der Waals surface area contributed by atoms with Gasteiger partial charge >= 0.3 is 0 Å². The predicted molar refractivity (Wildman–Crippen MR) is 81.8 cm³/mol. The first-order chi connectivity index (χ1) is 8.97. The van der Waals surface area contributed by atoms with E-state index in [9.17, 15) is 8.42 Å². The molecule has 0 amide bonds. The van der Waals surface area contributed by atoms with E-state index in [0.29, 0.717) is 24.3 Å². The average molecular weight is 306 g/mol. The summed E-state index contributed by atoms with van der Waals surface area (Å²) in [5.74, 6) is 1.68. The van der Waals surface area contributed by atoms with Gasteiger partial charge in [0.05, 0.1) is 6.26 Å². The average Bonchev–Trinajstić information content (AvgIpc) is 2.39. The highest BCUT2D eigenvalue weighted by molar-refractivity contribution is 8.00. The largest absolute Gasteiger partial charge is 0.327 e. The van der Waals surface area contributed by atoms with Crippen molar-refractivity contribution in [3.8, 4) is 0 Å². The minimum Gasteiger partial charge on any atom is -0.327 e. The number of hydrogen-bond donors (Lipinski definition) is 1. The lowest BCUT2D eigenvalue weighted by molar-refractivity contribution is 0.244. The van der Waals surface area contributed by atoms with E-state index in [-0.39, 0.29) is 6.04 Å². The third-order valence-corrected chi connectivity index (χ3v) is 7.06. The zero-order valence-corrected chi connectivity index (χ0v) is 13.4. The second-order valence-electron chi connectivity index (χ2n) is 5.93. The molecule has 0 aromatic rings. The van der Waals surface area contributed by atoms with Crippen molar-refractivity contribution in [3.05, 3.63) is 0 Å². The van der Waals surface area contributed by atoms with Gasteiger partial charge in [0.25, 0.3) is 0 Å². The Hall–Kier alpha value is 0.220. The third-order valence-electron chi connectivity index (χ3n) is 4.25. The number of nitrogens with zero attached hydrogens (tertiary/aromatic N) is 1. The van der Waals surface area contributed by atoms with Crippen molar-refractivity contribution in [2.45, 2.75) is 49.8 Å². The molecule has 0 aliphatic carbocycles. The molecule has 0 radical (unpaired) electrons. The van der Waals surface area contributed by atoms with Crippen LogP contribution in [-0.2, 0) is 10.0 Å². The lowest BCUT2D eigenvalue weighted by Crippen LogP contribution is -2.43. The number of nitrogens with two attached hydrogens (primary N) is 1. The van der Waals surface area contributed by atoms with Crippen molar-refractivity contribution >= 4 is 21.8 Å². The van der Waals surface area contributed by atoms with Crippen LogP contribution in [0, 0.1) is 5.92 Å². The lowest BCUT2D eigenvalue weighted by atomic mass is 9.90. The summed E-state index contributed by atoms with van der Waals surface area (Å²) in [5.41, 5.74) is 6.34. The van der Waals surface area contributed by atoms with E-state index < -0.39 is 10.0 Å². The Morgan fingerprint density at radius 3 is 2.74 bits per heavy atom. The van der Waals surface area contributed by atoms with Crippen molar-refractivity contribution in [2.24, 2.45) is 11.7 Å². The van der Waals surface area contributed by atoms with Crippen molar-refractivity contribution in [3.63, 3.8) is 0 Å². The van der Waals surface area contributed by atoms with Crippen LogP contribution < -0.4 is 5.73 Å². The summed E-state index contributed by atoms with van der Waals surface area (Å²) in [6.07, 6.45) is 8.23. The van der Waals surface area contributed by atoms with Crippen LogP contribution in [-0.4, -0.2) is 49.1 Å². The van der Waals surface area contributed by atoms with Crippen LogP contribution >= 0.6 is 11.8 Å². The van der Waals surface area contributed by atoms with Gasteiger partial charge in [0.2, 0.25) is 10.0 Å². The van der Waals surface area contributed by atoms with Gasteiger partial charge in [-0.3, -0.25) is 0 Å². The molecule has 2 heterocycles. The molecule has 4 nitrogen and oxygen atoms in total. The zero-order chi connectivity index (χ0) is 13.9. The summed E-state index contributed by atoms with van der Waals surface area (Å²) in [5, 5.41) is 0.586. The Morgan fingerprint density at radius 2 is 2.11 bits per heavy atom. The molecule has 19 heavy (non-hydrogen) atoms. The molecule has 0 bridgehead atoms. The first-order valence-corrected chi connectivity index (χ1v) is 10.2. The Balaban J connectivity index is 1.84. The molecule has 2 fully saturated rings. The topological polar surface area (TPSA) is 63.4 Å². The number of piperidine rings is 1. The predicted octanol–water partition coefficient (Wildman–Crippen LogP) is 1.66. The van der Waals surface area contributed by atoms with Crippen LogP contribution in [0.3, 0.4) is 0 Å². The number of rotatable bonds is 4. The monoisotopic (exact) mass is 306 g/mol. The molecule has 3 atom stereocenters. The van der Waals surface area contributed by atoms with Gasteiger partial charge in [-0.2, -0.15) is 11.8 Å². The number of hydrogen-bond acceptors (Lipinski definition) is 4. The lowest BCUT2D eigenvalue weighted by Gasteiger charge is -2.34. The second kappa shape index (κ2) is 6.78. The first-order valence-electron chi connectivity index (χ1n) is 7.29. The molecule has 0 aromatic heterocycles. The van der Waals surface area contributed by atoms with Gasteiger partial charge in [-0.05, 0) is 43.8 Å². The van der Waals surface area contributed by atoms with Gasteiger partial charge in [0, 0.05) is 24.4 Å². The highest BCUT2D eigenvalue weighted by Crippen LogP contribution is 2.31. The summed E-state index contributed by atoms with van der Waals surface area (Å²) < 4.78 is 24.8. The molecular formula is C13H26N2O2S2. The van der Waals surface area contributed by atoms with Crippen LogP contribution in [0.1, 0.15) is 38.5 Å². The SMILES string of the molecule is CS(=O)(=O)N1CCCC(CC(N)C2CCCCS2)C1. The van der Waals surface area contributed by atoms with E-state index in [1.165, 1.54) is 31.3 Å². The minimum atomic E-state index is -3.03. The van der Waals surface area contributed by atoms with Gasteiger partial charge in [0.15, 0.2) is 0 Å². The van der Waals surface area contributed by atoms with Crippen LogP contribution in [0.2, 0.25) is 0 Å². The highest BCUT2D eigenvalue weighted by Gasteiger charge is 2.29. The van der Waals surface area contributed by atoms with E-state index in [0.717, 1.165) is 19.3 Å². The fourth-order valence-corrected chi connectivity index (χ4v) is 5.47. The molecule has 3 unspecified atom stereocenters. The summed E-state index contributed by atoms with van der Waals surface area (Å²) in [7, 11) is -3.03. The second-order valence-corrected chi connectivity index (χ2v) is 9.26. The highest BCUT2D eigenvalue weighted by atomic mass is 32.2. The van der Waals surface area contributed by atoms with Crippen LogP contribution in [0.5, 0.6) is 0 Å². The normalized spacial score (nSPS) is 32.1. The van der Waals surface area contributed by atoms with Gasteiger partial charge in [0.1, 0.15) is 0 Å². The first kappa shape index (κ1) is 15.6. The van der Waals surface area contributed by atoms with Crippen molar-refractivity contribution < 1.29 is 8.42 Å². The molecule has 0 spiro atoms. The fraction of sp³-hybridized carbons (Fsp3) is 1.00. The van der Waals surface area contributed by atoms with E-state index in [1.54, 1.807) is 4.31 Å². The van der Waals surface area contributed by atoms with Gasteiger partial charge < -0.3 is 5.73 Å². The molecule has 2 saturated heterocycles. The molecule has 2 aliphatic rings. The smallest absolute Gasteiger partial charge is 0.211 e. The fourth-order valence-electron chi connectivity index (χ4n) is 3.16. The Morgan fingerprint density at radius 1 is 1.32 bits per heavy atom. The summed E-state index contributed by atoms with van der Waals surface area (Å²) >= 11 is 2.01. The van der Waals surface area contributed by atoms with E-state index in [4.69, 9.17) is 5.73 Å². The molecule has 2 N–H and O–H groups in total. The summed E-state index contributed by atoms with van der Waals surface area (Å²) in [6.45, 7) is 1.35. The minimum absolute atomic E-state index is 0.231. The Bertz CT molecular complexity index is 380. The van der Waals surface area contributed by atoms with E-state index in [1.807, 2.05) is 11.8 Å². The summed E-state index contributed by atoms with van der Waals surface area (Å²) in [6, 6.07) is 0.231. The molecule has 2 aliphatic heterocycles. The van der Waals surface area contributed by atoms with Gasteiger partial charge in [-0.15, -0.1) is 0 Å². The van der Waals surface area contributed by atoms with E-state index >= 15 is 0 Å². The van der Waals surface area contributed by atoms with E-state index in [2.05, 4.69) is 0 Å². The maximum absolute atomic E-state index is 11.6. The Kier molecular flexibility index (Phi) is 5.57. The molecular weight excluding hydrogens is 280 g/mol. The Labute approximate surface area is 121 Å². The zero-order valence-electron chi connectivity index (χ0n) is 11.8.